The first-order valence-electron chi connectivity index (χ1n) is 11.9. The molecule has 1 aromatic heterocycles. The Balaban J connectivity index is 1.79. The van der Waals surface area contributed by atoms with Crippen molar-refractivity contribution in [2.75, 3.05) is 41.5 Å². The fraction of sp³-hybridized carbons (Fsp3) is 0.407. The van der Waals surface area contributed by atoms with E-state index in [2.05, 4.69) is 15.2 Å². The van der Waals surface area contributed by atoms with Crippen LogP contribution in [0.5, 0.6) is 23.0 Å². The molecule has 8 nitrogen and oxygen atoms in total. The van der Waals surface area contributed by atoms with E-state index >= 15 is 0 Å². The van der Waals surface area contributed by atoms with E-state index in [1.54, 1.807) is 28.4 Å². The number of thiazole rings is 1. The molecule has 0 saturated carbocycles. The van der Waals surface area contributed by atoms with Gasteiger partial charge in [0.05, 0.1) is 35.0 Å². The van der Waals surface area contributed by atoms with E-state index in [4.69, 9.17) is 18.9 Å². The highest BCUT2D eigenvalue weighted by molar-refractivity contribution is 7.09. The lowest BCUT2D eigenvalue weighted by Crippen LogP contribution is -2.26. The van der Waals surface area contributed by atoms with Crippen molar-refractivity contribution in [1.29, 1.82) is 0 Å². The molecule has 0 saturated heterocycles. The molecule has 3 rings (SSSR count). The largest absolute Gasteiger partial charge is 0.497 e. The molecule has 0 unspecified atom stereocenters. The van der Waals surface area contributed by atoms with Gasteiger partial charge in [0.1, 0.15) is 22.2 Å². The molecule has 0 radical (unpaired) electrons. The zero-order valence-corrected chi connectivity index (χ0v) is 22.4. The highest BCUT2D eigenvalue weighted by atomic mass is 32.1. The second-order valence-electron chi connectivity index (χ2n) is 8.21. The monoisotopic (exact) mass is 513 g/mol. The summed E-state index contributed by atoms with van der Waals surface area (Å²) in [4.78, 5) is 19.2. The number of aromatic nitrogens is 1. The summed E-state index contributed by atoms with van der Waals surface area (Å²) in [6, 6.07) is 11.8. The molecule has 1 heterocycles. The maximum atomic E-state index is 12.3. The molecule has 0 atom stereocenters. The van der Waals surface area contributed by atoms with Crippen molar-refractivity contribution in [1.82, 2.24) is 15.2 Å². The number of hydrogen-bond donors (Lipinski definition) is 1. The van der Waals surface area contributed by atoms with Crippen LogP contribution in [0.4, 0.5) is 0 Å². The van der Waals surface area contributed by atoms with Gasteiger partial charge in [0, 0.05) is 36.6 Å². The molecule has 36 heavy (non-hydrogen) atoms. The van der Waals surface area contributed by atoms with Crippen molar-refractivity contribution in [2.45, 2.75) is 32.9 Å². The van der Waals surface area contributed by atoms with Gasteiger partial charge < -0.3 is 24.3 Å². The van der Waals surface area contributed by atoms with E-state index in [0.717, 1.165) is 47.0 Å². The van der Waals surface area contributed by atoms with Crippen LogP contribution in [-0.4, -0.2) is 57.3 Å². The molecule has 0 bridgehead atoms. The first-order chi connectivity index (χ1) is 17.5. The number of amides is 1. The van der Waals surface area contributed by atoms with Gasteiger partial charge in [-0.05, 0) is 36.6 Å². The second-order valence-corrected chi connectivity index (χ2v) is 9.15. The predicted octanol–water partition coefficient (Wildman–Crippen LogP) is 4.56. The highest BCUT2D eigenvalue weighted by Gasteiger charge is 2.16. The number of hydrogen-bond acceptors (Lipinski definition) is 8. The third-order valence-electron chi connectivity index (χ3n) is 5.73. The second kappa shape index (κ2) is 13.7. The number of carbonyl (C=O) groups is 1. The third kappa shape index (κ3) is 7.35. The molecular formula is C27H35N3O5S. The van der Waals surface area contributed by atoms with Crippen LogP contribution in [0.1, 0.15) is 40.0 Å². The van der Waals surface area contributed by atoms with Crippen LogP contribution >= 0.6 is 11.3 Å². The van der Waals surface area contributed by atoms with Gasteiger partial charge in [-0.15, -0.1) is 11.3 Å². The average Bonchev–Trinajstić information content (AvgIpc) is 3.38. The summed E-state index contributed by atoms with van der Waals surface area (Å²) in [7, 11) is 6.57. The minimum Gasteiger partial charge on any atom is -0.497 e. The summed E-state index contributed by atoms with van der Waals surface area (Å²) in [6.07, 6.45) is 1.68. The minimum atomic E-state index is -0.131. The number of carbonyl (C=O) groups excluding carboxylic acids is 1. The number of benzene rings is 2. The van der Waals surface area contributed by atoms with E-state index in [9.17, 15) is 4.79 Å². The Morgan fingerprint density at radius 2 is 1.72 bits per heavy atom. The van der Waals surface area contributed by atoms with Gasteiger partial charge in [-0.3, -0.25) is 9.69 Å². The van der Waals surface area contributed by atoms with Crippen LogP contribution in [0.25, 0.3) is 0 Å². The van der Waals surface area contributed by atoms with Crippen LogP contribution in [0.15, 0.2) is 41.8 Å². The first kappa shape index (κ1) is 27.3. The Bertz CT molecular complexity index is 1130. The quantitative estimate of drug-likeness (QED) is 0.338. The third-order valence-corrected chi connectivity index (χ3v) is 6.57. The molecule has 0 aliphatic carbocycles. The van der Waals surface area contributed by atoms with E-state index in [1.807, 2.05) is 48.7 Å². The number of methoxy groups -OCH3 is 4. The summed E-state index contributed by atoms with van der Waals surface area (Å²) in [6.45, 7) is 4.68. The van der Waals surface area contributed by atoms with Crippen molar-refractivity contribution in [2.24, 2.45) is 0 Å². The SMILES string of the molecule is CCCNC(=O)c1csc(CN(CCc2ccc(OC)c(OC)c2)Cc2ccc(OC)cc2OC)n1. The van der Waals surface area contributed by atoms with Gasteiger partial charge in [0.15, 0.2) is 11.5 Å². The molecular weight excluding hydrogens is 478 g/mol. The molecule has 1 N–H and O–H groups in total. The maximum absolute atomic E-state index is 12.3. The van der Waals surface area contributed by atoms with E-state index in [0.29, 0.717) is 36.8 Å². The smallest absolute Gasteiger partial charge is 0.270 e. The number of rotatable bonds is 14. The van der Waals surface area contributed by atoms with Crippen molar-refractivity contribution in [3.63, 3.8) is 0 Å². The van der Waals surface area contributed by atoms with Gasteiger partial charge in [-0.1, -0.05) is 19.1 Å². The topological polar surface area (TPSA) is 82.2 Å². The Morgan fingerprint density at radius 1 is 0.944 bits per heavy atom. The molecule has 9 heteroatoms. The molecule has 0 fully saturated rings. The van der Waals surface area contributed by atoms with Crippen LogP contribution in [-0.2, 0) is 19.5 Å². The molecule has 194 valence electrons. The summed E-state index contributed by atoms with van der Waals surface area (Å²) in [5.41, 5.74) is 2.64. The Kier molecular flexibility index (Phi) is 10.4. The zero-order chi connectivity index (χ0) is 25.9. The van der Waals surface area contributed by atoms with Gasteiger partial charge in [-0.2, -0.15) is 0 Å². The van der Waals surface area contributed by atoms with Gasteiger partial charge in [-0.25, -0.2) is 4.98 Å². The summed E-state index contributed by atoms with van der Waals surface area (Å²) in [5.74, 6) is 2.80. The molecule has 2 aromatic carbocycles. The van der Waals surface area contributed by atoms with E-state index in [-0.39, 0.29) is 5.91 Å². The van der Waals surface area contributed by atoms with Gasteiger partial charge in [0.2, 0.25) is 0 Å². The van der Waals surface area contributed by atoms with Gasteiger partial charge in [0.25, 0.3) is 5.91 Å². The molecule has 0 aliphatic heterocycles. The van der Waals surface area contributed by atoms with Crippen LogP contribution in [0, 0.1) is 0 Å². The Hall–Kier alpha value is -3.30. The average molecular weight is 514 g/mol. The number of ether oxygens (including phenoxy) is 4. The first-order valence-corrected chi connectivity index (χ1v) is 12.8. The van der Waals surface area contributed by atoms with Crippen molar-refractivity contribution >= 4 is 17.2 Å². The Labute approximate surface area is 217 Å². The lowest BCUT2D eigenvalue weighted by Gasteiger charge is -2.23. The summed E-state index contributed by atoms with van der Waals surface area (Å²) >= 11 is 1.50. The summed E-state index contributed by atoms with van der Waals surface area (Å²) < 4.78 is 21.8. The fourth-order valence-electron chi connectivity index (χ4n) is 3.77. The molecule has 3 aromatic rings. The molecule has 1 amide bonds. The van der Waals surface area contributed by atoms with E-state index < -0.39 is 0 Å². The minimum absolute atomic E-state index is 0.131. The van der Waals surface area contributed by atoms with Crippen LogP contribution < -0.4 is 24.3 Å². The van der Waals surface area contributed by atoms with Crippen LogP contribution in [0.3, 0.4) is 0 Å². The molecule has 0 aliphatic rings. The maximum Gasteiger partial charge on any atom is 0.270 e. The van der Waals surface area contributed by atoms with E-state index in [1.165, 1.54) is 11.3 Å². The van der Waals surface area contributed by atoms with Gasteiger partial charge >= 0.3 is 0 Å². The lowest BCUT2D eigenvalue weighted by molar-refractivity contribution is 0.0949. The van der Waals surface area contributed by atoms with Crippen molar-refractivity contribution in [3.05, 3.63) is 63.6 Å². The Morgan fingerprint density at radius 3 is 2.42 bits per heavy atom. The molecule has 0 spiro atoms. The number of nitrogens with zero attached hydrogens (tertiary/aromatic N) is 2. The predicted molar refractivity (Wildman–Crippen MR) is 142 cm³/mol. The standard InChI is InChI=1S/C27H35N3O5S/c1-6-12-28-27(31)22-18-36-26(29-22)17-30(16-20-8-9-21(32-2)15-24(20)34-4)13-11-19-7-10-23(33-3)25(14-19)35-5/h7-10,14-15,18H,6,11-13,16-17H2,1-5H3,(H,28,31). The lowest BCUT2D eigenvalue weighted by atomic mass is 10.1. The number of nitrogens with one attached hydrogen (secondary N) is 1. The van der Waals surface area contributed by atoms with Crippen LogP contribution in [0.2, 0.25) is 0 Å². The highest BCUT2D eigenvalue weighted by Crippen LogP contribution is 2.29. The zero-order valence-electron chi connectivity index (χ0n) is 21.6. The van der Waals surface area contributed by atoms with Crippen molar-refractivity contribution in [3.8, 4) is 23.0 Å². The van der Waals surface area contributed by atoms with Crippen molar-refractivity contribution < 1.29 is 23.7 Å². The normalized spacial score (nSPS) is 10.8. The fourth-order valence-corrected chi connectivity index (χ4v) is 4.58. The summed E-state index contributed by atoms with van der Waals surface area (Å²) in [5, 5.41) is 5.59.